The molecule has 0 N–H and O–H groups in total. The standard InChI is InChI=1S/C12H18N2O3/c1-8-10(15)9(7-13)5-6-14(8)11(16)17-12(2,3)4/h8-9H,5-6H2,1-4H3. The maximum absolute atomic E-state index is 11.8. The maximum atomic E-state index is 11.8. The topological polar surface area (TPSA) is 70.4 Å². The summed E-state index contributed by atoms with van der Waals surface area (Å²) >= 11 is 0. The lowest BCUT2D eigenvalue weighted by Crippen LogP contribution is -2.51. The molecule has 0 spiro atoms. The summed E-state index contributed by atoms with van der Waals surface area (Å²) in [6.45, 7) is 7.36. The van der Waals surface area contributed by atoms with Crippen LogP contribution in [0.2, 0.25) is 0 Å². The normalized spacial score (nSPS) is 25.4. The largest absolute Gasteiger partial charge is 0.444 e. The molecule has 5 heteroatoms. The fourth-order valence-corrected chi connectivity index (χ4v) is 1.75. The summed E-state index contributed by atoms with van der Waals surface area (Å²) in [7, 11) is 0. The van der Waals surface area contributed by atoms with E-state index in [0.29, 0.717) is 13.0 Å². The maximum Gasteiger partial charge on any atom is 0.410 e. The molecule has 1 aliphatic heterocycles. The molecule has 0 aliphatic carbocycles. The second-order valence-corrected chi connectivity index (χ2v) is 5.22. The second kappa shape index (κ2) is 4.74. The molecule has 0 bridgehead atoms. The fourth-order valence-electron chi connectivity index (χ4n) is 1.75. The van der Waals surface area contributed by atoms with Crippen molar-refractivity contribution in [3.05, 3.63) is 0 Å². The lowest BCUT2D eigenvalue weighted by molar-refractivity contribution is -0.129. The summed E-state index contributed by atoms with van der Waals surface area (Å²) in [5.41, 5.74) is -0.577. The monoisotopic (exact) mass is 238 g/mol. The number of piperidine rings is 1. The molecule has 1 heterocycles. The van der Waals surface area contributed by atoms with Gasteiger partial charge in [0, 0.05) is 6.54 Å². The molecule has 2 atom stereocenters. The molecular formula is C12H18N2O3. The lowest BCUT2D eigenvalue weighted by Gasteiger charge is -2.35. The van der Waals surface area contributed by atoms with Crippen molar-refractivity contribution in [1.82, 2.24) is 4.90 Å². The van der Waals surface area contributed by atoms with E-state index in [1.165, 1.54) is 4.90 Å². The number of amides is 1. The van der Waals surface area contributed by atoms with Crippen LogP contribution in [-0.4, -0.2) is 35.0 Å². The van der Waals surface area contributed by atoms with Crippen LogP contribution in [0.1, 0.15) is 34.1 Å². The van der Waals surface area contributed by atoms with Gasteiger partial charge in [0.2, 0.25) is 0 Å². The number of carbonyl (C=O) groups is 2. The zero-order valence-electron chi connectivity index (χ0n) is 10.7. The number of nitrogens with zero attached hydrogens (tertiary/aromatic N) is 2. The van der Waals surface area contributed by atoms with Crippen LogP contribution in [0, 0.1) is 17.2 Å². The van der Waals surface area contributed by atoms with Crippen LogP contribution in [0.3, 0.4) is 0 Å². The van der Waals surface area contributed by atoms with Gasteiger partial charge in [-0.1, -0.05) is 0 Å². The number of nitriles is 1. The van der Waals surface area contributed by atoms with Crippen LogP contribution in [0.4, 0.5) is 4.79 Å². The van der Waals surface area contributed by atoms with Crippen molar-refractivity contribution in [3.8, 4) is 6.07 Å². The molecule has 17 heavy (non-hydrogen) atoms. The van der Waals surface area contributed by atoms with Crippen LogP contribution >= 0.6 is 0 Å². The van der Waals surface area contributed by atoms with E-state index in [1.54, 1.807) is 27.7 Å². The van der Waals surface area contributed by atoms with Crippen LogP contribution in [0.5, 0.6) is 0 Å². The third-order valence-electron chi connectivity index (χ3n) is 2.67. The van der Waals surface area contributed by atoms with Crippen molar-refractivity contribution in [2.75, 3.05) is 6.54 Å². The summed E-state index contributed by atoms with van der Waals surface area (Å²) < 4.78 is 5.22. The minimum Gasteiger partial charge on any atom is -0.444 e. The van der Waals surface area contributed by atoms with E-state index in [-0.39, 0.29) is 5.78 Å². The van der Waals surface area contributed by atoms with Crippen LogP contribution in [0.25, 0.3) is 0 Å². The first-order chi connectivity index (χ1) is 7.76. The number of rotatable bonds is 0. The van der Waals surface area contributed by atoms with E-state index in [9.17, 15) is 9.59 Å². The van der Waals surface area contributed by atoms with Gasteiger partial charge in [0.25, 0.3) is 0 Å². The zero-order valence-corrected chi connectivity index (χ0v) is 10.7. The molecule has 0 aromatic carbocycles. The predicted octanol–water partition coefficient (Wildman–Crippen LogP) is 1.72. The molecule has 2 unspecified atom stereocenters. The molecule has 0 saturated carbocycles. The third kappa shape index (κ3) is 3.19. The van der Waals surface area contributed by atoms with Gasteiger partial charge in [0.05, 0.1) is 12.1 Å². The van der Waals surface area contributed by atoms with E-state index in [0.717, 1.165) is 0 Å². The van der Waals surface area contributed by atoms with Gasteiger partial charge in [-0.2, -0.15) is 5.26 Å². The highest BCUT2D eigenvalue weighted by atomic mass is 16.6. The van der Waals surface area contributed by atoms with Gasteiger partial charge < -0.3 is 4.74 Å². The Kier molecular flexibility index (Phi) is 3.76. The van der Waals surface area contributed by atoms with E-state index in [4.69, 9.17) is 10.00 Å². The number of hydrogen-bond donors (Lipinski definition) is 0. The van der Waals surface area contributed by atoms with Gasteiger partial charge in [0.1, 0.15) is 11.5 Å². The summed E-state index contributed by atoms with van der Waals surface area (Å²) in [5, 5.41) is 8.79. The Morgan fingerprint density at radius 1 is 1.53 bits per heavy atom. The highest BCUT2D eigenvalue weighted by Gasteiger charge is 2.37. The van der Waals surface area contributed by atoms with Crippen LogP contribution in [0.15, 0.2) is 0 Å². The third-order valence-corrected chi connectivity index (χ3v) is 2.67. The van der Waals surface area contributed by atoms with Crippen LogP contribution < -0.4 is 0 Å². The molecule has 1 saturated heterocycles. The number of carbonyl (C=O) groups excluding carboxylic acids is 2. The first kappa shape index (κ1) is 13.5. The van der Waals surface area contributed by atoms with Gasteiger partial charge in [0.15, 0.2) is 5.78 Å². The Hall–Kier alpha value is -1.57. The molecular weight excluding hydrogens is 220 g/mol. The fraction of sp³-hybridized carbons (Fsp3) is 0.750. The Bertz CT molecular complexity index is 365. The molecule has 1 fully saturated rings. The van der Waals surface area contributed by atoms with Crippen molar-refractivity contribution >= 4 is 11.9 Å². The second-order valence-electron chi connectivity index (χ2n) is 5.22. The summed E-state index contributed by atoms with van der Waals surface area (Å²) in [5.74, 6) is -0.798. The van der Waals surface area contributed by atoms with Crippen molar-refractivity contribution in [2.24, 2.45) is 5.92 Å². The van der Waals surface area contributed by atoms with Crippen molar-refractivity contribution in [1.29, 1.82) is 5.26 Å². The molecule has 1 rings (SSSR count). The van der Waals surface area contributed by atoms with Gasteiger partial charge in [-0.15, -0.1) is 0 Å². The number of hydrogen-bond acceptors (Lipinski definition) is 4. The average Bonchev–Trinajstić information content (AvgIpc) is 2.19. The van der Waals surface area contributed by atoms with Gasteiger partial charge in [-0.3, -0.25) is 9.69 Å². The molecule has 0 aromatic heterocycles. The molecule has 1 aliphatic rings. The molecule has 0 radical (unpaired) electrons. The van der Waals surface area contributed by atoms with Gasteiger partial charge in [-0.25, -0.2) is 4.79 Å². The van der Waals surface area contributed by atoms with Gasteiger partial charge >= 0.3 is 6.09 Å². The Morgan fingerprint density at radius 2 is 2.12 bits per heavy atom. The summed E-state index contributed by atoms with van der Waals surface area (Å²) in [6.07, 6.45) is -0.103. The summed E-state index contributed by atoms with van der Waals surface area (Å²) in [4.78, 5) is 25.0. The van der Waals surface area contributed by atoms with E-state index >= 15 is 0 Å². The SMILES string of the molecule is CC1C(=O)C(C#N)CCN1C(=O)OC(C)(C)C. The minimum atomic E-state index is -0.594. The van der Waals surface area contributed by atoms with Crippen LogP contribution in [-0.2, 0) is 9.53 Å². The van der Waals surface area contributed by atoms with Crippen molar-refractivity contribution in [3.63, 3.8) is 0 Å². The number of ether oxygens (including phenoxy) is 1. The highest BCUT2D eigenvalue weighted by molar-refractivity contribution is 5.91. The average molecular weight is 238 g/mol. The first-order valence-electron chi connectivity index (χ1n) is 5.69. The Labute approximate surface area is 101 Å². The lowest BCUT2D eigenvalue weighted by atomic mass is 9.92. The van der Waals surface area contributed by atoms with Gasteiger partial charge in [-0.05, 0) is 34.1 Å². The molecule has 94 valence electrons. The van der Waals surface area contributed by atoms with E-state index < -0.39 is 23.7 Å². The predicted molar refractivity (Wildman–Crippen MR) is 61.1 cm³/mol. The zero-order chi connectivity index (χ0) is 13.2. The smallest absolute Gasteiger partial charge is 0.410 e. The number of ketones is 1. The molecule has 1 amide bonds. The van der Waals surface area contributed by atoms with E-state index in [1.807, 2.05) is 6.07 Å². The minimum absolute atomic E-state index is 0.204. The van der Waals surface area contributed by atoms with Crippen molar-refractivity contribution in [2.45, 2.75) is 45.8 Å². The quantitative estimate of drug-likeness (QED) is 0.644. The number of likely N-dealkylation sites (tertiary alicyclic amines) is 1. The Balaban J connectivity index is 2.72. The molecule has 5 nitrogen and oxygen atoms in total. The first-order valence-corrected chi connectivity index (χ1v) is 5.69. The molecule has 0 aromatic rings. The number of Topliss-reactive ketones (excluding diaryl/α,β-unsaturated/α-hetero) is 1. The highest BCUT2D eigenvalue weighted by Crippen LogP contribution is 2.21. The van der Waals surface area contributed by atoms with Crippen molar-refractivity contribution < 1.29 is 14.3 Å². The van der Waals surface area contributed by atoms with E-state index in [2.05, 4.69) is 0 Å². The Morgan fingerprint density at radius 3 is 2.59 bits per heavy atom. The summed E-state index contributed by atoms with van der Waals surface area (Å²) in [6, 6.07) is 1.38.